The second-order valence-electron chi connectivity index (χ2n) is 4.08. The normalized spacial score (nSPS) is 51.0. The predicted octanol–water partition coefficient (Wildman–Crippen LogP) is 1.66. The number of fused-ring (bicyclic) bond motifs is 1. The van der Waals surface area contributed by atoms with Crippen LogP contribution in [0.15, 0.2) is 0 Å². The number of aliphatic hydroxyl groups excluding tert-OH is 1. The quantitative estimate of drug-likeness (QED) is 0.618. The molecule has 1 heteroatoms. The zero-order chi connectivity index (χ0) is 7.14. The lowest BCUT2D eigenvalue weighted by Crippen LogP contribution is -1.97. The minimum Gasteiger partial charge on any atom is -0.396 e. The van der Waals surface area contributed by atoms with E-state index in [2.05, 4.69) is 6.92 Å². The van der Waals surface area contributed by atoms with Gasteiger partial charge in [-0.3, -0.25) is 0 Å². The van der Waals surface area contributed by atoms with Crippen LogP contribution in [0.3, 0.4) is 0 Å². The van der Waals surface area contributed by atoms with E-state index in [0.717, 1.165) is 30.1 Å². The lowest BCUT2D eigenvalue weighted by molar-refractivity contribution is 0.267. The average Bonchev–Trinajstić information content (AvgIpc) is 2.43. The Kier molecular flexibility index (Phi) is 1.48. The van der Waals surface area contributed by atoms with Crippen LogP contribution in [-0.4, -0.2) is 11.7 Å². The third kappa shape index (κ3) is 0.878. The molecule has 0 aromatic carbocycles. The van der Waals surface area contributed by atoms with Crippen LogP contribution in [0, 0.1) is 23.7 Å². The summed E-state index contributed by atoms with van der Waals surface area (Å²) >= 11 is 0. The molecule has 1 nitrogen and oxygen atoms in total. The molecule has 0 aromatic rings. The maximum absolute atomic E-state index is 8.70. The zero-order valence-electron chi connectivity index (χ0n) is 6.59. The highest BCUT2D eigenvalue weighted by Gasteiger charge is 2.53. The van der Waals surface area contributed by atoms with E-state index in [-0.39, 0.29) is 0 Å². The molecular weight excluding hydrogens is 124 g/mol. The maximum Gasteiger partial charge on any atom is 0.0433 e. The topological polar surface area (TPSA) is 20.2 Å². The molecule has 0 heterocycles. The van der Waals surface area contributed by atoms with Gasteiger partial charge in [0.05, 0.1) is 0 Å². The molecule has 0 bridgehead atoms. The van der Waals surface area contributed by atoms with Gasteiger partial charge < -0.3 is 5.11 Å². The molecule has 2 atom stereocenters. The lowest BCUT2D eigenvalue weighted by Gasteiger charge is -2.05. The third-order valence-electron chi connectivity index (χ3n) is 3.32. The van der Waals surface area contributed by atoms with Gasteiger partial charge in [-0.1, -0.05) is 6.92 Å². The van der Waals surface area contributed by atoms with Crippen LogP contribution in [-0.2, 0) is 0 Å². The molecule has 2 fully saturated rings. The summed E-state index contributed by atoms with van der Waals surface area (Å²) in [5, 5.41) is 8.70. The molecule has 0 aliphatic heterocycles. The van der Waals surface area contributed by atoms with Crippen molar-refractivity contribution in [2.45, 2.75) is 26.2 Å². The molecule has 1 N–H and O–H groups in total. The van der Waals surface area contributed by atoms with Crippen molar-refractivity contribution < 1.29 is 5.11 Å². The van der Waals surface area contributed by atoms with Crippen LogP contribution in [0.25, 0.3) is 0 Å². The lowest BCUT2D eigenvalue weighted by atomic mass is 10.0. The van der Waals surface area contributed by atoms with Crippen LogP contribution in [0.4, 0.5) is 0 Å². The van der Waals surface area contributed by atoms with E-state index in [1.54, 1.807) is 0 Å². The Balaban J connectivity index is 1.81. The molecule has 0 amide bonds. The van der Waals surface area contributed by atoms with Gasteiger partial charge in [0.25, 0.3) is 0 Å². The summed E-state index contributed by atoms with van der Waals surface area (Å²) in [6.45, 7) is 2.76. The van der Waals surface area contributed by atoms with E-state index in [1.165, 1.54) is 12.8 Å². The van der Waals surface area contributed by atoms with Crippen molar-refractivity contribution in [3.05, 3.63) is 0 Å². The van der Waals surface area contributed by atoms with Gasteiger partial charge in [-0.15, -0.1) is 0 Å². The van der Waals surface area contributed by atoms with Gasteiger partial charge in [0.1, 0.15) is 0 Å². The number of rotatable bonds is 2. The van der Waals surface area contributed by atoms with Crippen molar-refractivity contribution in [1.29, 1.82) is 0 Å². The molecule has 0 spiro atoms. The molecule has 2 unspecified atom stereocenters. The number of hydrogen-bond donors (Lipinski definition) is 1. The van der Waals surface area contributed by atoms with Gasteiger partial charge in [0.2, 0.25) is 0 Å². The molecule has 0 aromatic heterocycles. The van der Waals surface area contributed by atoms with Crippen molar-refractivity contribution in [3.8, 4) is 0 Å². The van der Waals surface area contributed by atoms with Gasteiger partial charge in [0.15, 0.2) is 0 Å². The van der Waals surface area contributed by atoms with Gasteiger partial charge >= 0.3 is 0 Å². The highest BCUT2D eigenvalue weighted by Crippen LogP contribution is 2.60. The van der Waals surface area contributed by atoms with Crippen LogP contribution in [0.2, 0.25) is 0 Å². The summed E-state index contributed by atoms with van der Waals surface area (Å²) in [6, 6.07) is 0. The molecular formula is C9H16O. The van der Waals surface area contributed by atoms with Crippen LogP contribution >= 0.6 is 0 Å². The summed E-state index contributed by atoms with van der Waals surface area (Å²) in [5.74, 6) is 3.93. The Morgan fingerprint density at radius 3 is 2.40 bits per heavy atom. The van der Waals surface area contributed by atoms with Gasteiger partial charge in [-0.05, 0) is 42.9 Å². The molecule has 2 aliphatic carbocycles. The summed E-state index contributed by atoms with van der Waals surface area (Å²) < 4.78 is 0. The Labute approximate surface area is 62.4 Å². The third-order valence-corrected chi connectivity index (χ3v) is 3.32. The van der Waals surface area contributed by atoms with E-state index in [0.29, 0.717) is 6.61 Å². The van der Waals surface area contributed by atoms with Crippen molar-refractivity contribution in [2.75, 3.05) is 6.61 Å². The largest absolute Gasteiger partial charge is 0.396 e. The van der Waals surface area contributed by atoms with E-state index in [4.69, 9.17) is 5.11 Å². The highest BCUT2D eigenvalue weighted by molar-refractivity contribution is 5.02. The molecule has 0 saturated heterocycles. The first-order chi connectivity index (χ1) is 4.83. The van der Waals surface area contributed by atoms with E-state index < -0.39 is 0 Å². The number of hydrogen-bond acceptors (Lipinski definition) is 1. The van der Waals surface area contributed by atoms with Gasteiger partial charge in [-0.2, -0.15) is 0 Å². The Bertz CT molecular complexity index is 114. The standard InChI is InChI=1S/C9H16O/c1-6-4-8-7(2-3-10)9(8)5-6/h6-10H,2-5H2,1H3. The van der Waals surface area contributed by atoms with Crippen LogP contribution in [0.1, 0.15) is 26.2 Å². The summed E-state index contributed by atoms with van der Waals surface area (Å²) in [5.41, 5.74) is 0. The highest BCUT2D eigenvalue weighted by atomic mass is 16.3. The maximum atomic E-state index is 8.70. The molecule has 58 valence electrons. The molecule has 10 heavy (non-hydrogen) atoms. The second-order valence-corrected chi connectivity index (χ2v) is 4.08. The Morgan fingerprint density at radius 2 is 1.90 bits per heavy atom. The fraction of sp³-hybridized carbons (Fsp3) is 1.00. The monoisotopic (exact) mass is 140 g/mol. The van der Waals surface area contributed by atoms with E-state index in [9.17, 15) is 0 Å². The Morgan fingerprint density at radius 1 is 1.30 bits per heavy atom. The summed E-state index contributed by atoms with van der Waals surface area (Å²) in [7, 11) is 0. The van der Waals surface area contributed by atoms with Crippen molar-refractivity contribution in [3.63, 3.8) is 0 Å². The average molecular weight is 140 g/mol. The minimum atomic E-state index is 0.409. The molecule has 2 rings (SSSR count). The molecule has 2 aliphatic rings. The number of aliphatic hydroxyl groups is 1. The van der Waals surface area contributed by atoms with Gasteiger partial charge in [-0.25, -0.2) is 0 Å². The minimum absolute atomic E-state index is 0.409. The fourth-order valence-corrected chi connectivity index (χ4v) is 2.83. The van der Waals surface area contributed by atoms with E-state index >= 15 is 0 Å². The van der Waals surface area contributed by atoms with Crippen LogP contribution in [0.5, 0.6) is 0 Å². The zero-order valence-corrected chi connectivity index (χ0v) is 6.59. The van der Waals surface area contributed by atoms with Crippen molar-refractivity contribution in [1.82, 2.24) is 0 Å². The first-order valence-corrected chi connectivity index (χ1v) is 4.43. The summed E-state index contributed by atoms with van der Waals surface area (Å²) in [6.07, 6.45) is 3.95. The Hall–Kier alpha value is -0.0400. The smallest absolute Gasteiger partial charge is 0.0433 e. The SMILES string of the molecule is CC1CC2C(CCO)C2C1. The van der Waals surface area contributed by atoms with Crippen molar-refractivity contribution in [2.24, 2.45) is 23.7 Å². The van der Waals surface area contributed by atoms with Crippen LogP contribution < -0.4 is 0 Å². The van der Waals surface area contributed by atoms with Gasteiger partial charge in [0, 0.05) is 6.61 Å². The fourth-order valence-electron chi connectivity index (χ4n) is 2.83. The first-order valence-electron chi connectivity index (χ1n) is 4.43. The molecule has 2 saturated carbocycles. The van der Waals surface area contributed by atoms with Crippen molar-refractivity contribution >= 4 is 0 Å². The first kappa shape index (κ1) is 6.66. The van der Waals surface area contributed by atoms with E-state index in [1.807, 2.05) is 0 Å². The molecule has 0 radical (unpaired) electrons. The second kappa shape index (κ2) is 2.23. The predicted molar refractivity (Wildman–Crippen MR) is 40.6 cm³/mol. The summed E-state index contributed by atoms with van der Waals surface area (Å²) in [4.78, 5) is 0.